The Morgan fingerprint density at radius 3 is 2.53 bits per heavy atom. The molecule has 3 heterocycles. The number of hydrogen-bond acceptors (Lipinski definition) is 6. The van der Waals surface area contributed by atoms with Gasteiger partial charge < -0.3 is 10.2 Å². The molecule has 0 saturated carbocycles. The minimum atomic E-state index is -4.49. The Morgan fingerprint density at radius 1 is 1.16 bits per heavy atom. The lowest BCUT2D eigenvalue weighted by Gasteiger charge is -2.40. The SMILES string of the molecule is C[C@@H]1CCCN(C(=O)c2ccccc2-n2nccn2)[C@@H]1CNc1ncc(C(F)(F)F)cn1. The monoisotopic (exact) mass is 445 g/mol. The molecule has 4 rings (SSSR count). The standard InChI is InChI=1S/C21H22F3N7O/c1-14-5-4-10-30(18(14)13-27-20-25-11-15(12-26-20)21(22,23)24)19(32)16-6-2-3-7-17(16)31-28-8-9-29-31/h2-3,6-9,11-12,14,18H,4-5,10,13H2,1H3,(H,25,26,27)/t14-,18-/m1/s1. The van der Waals surface area contributed by atoms with Gasteiger partial charge in [-0.15, -0.1) is 0 Å². The number of likely N-dealkylation sites (tertiary alicyclic amines) is 1. The number of rotatable bonds is 5. The molecule has 1 N–H and O–H groups in total. The maximum atomic E-state index is 13.5. The highest BCUT2D eigenvalue weighted by atomic mass is 19.4. The van der Waals surface area contributed by atoms with Crippen LogP contribution in [0.1, 0.15) is 35.7 Å². The van der Waals surface area contributed by atoms with Gasteiger partial charge in [0.2, 0.25) is 5.95 Å². The molecule has 3 aromatic rings. The number of benzene rings is 1. The predicted octanol–water partition coefficient (Wildman–Crippen LogP) is 3.43. The van der Waals surface area contributed by atoms with Crippen LogP contribution in [0.25, 0.3) is 5.69 Å². The largest absolute Gasteiger partial charge is 0.419 e. The number of nitrogens with one attached hydrogen (secondary N) is 1. The minimum absolute atomic E-state index is 0.0873. The molecule has 32 heavy (non-hydrogen) atoms. The van der Waals surface area contributed by atoms with Crippen molar-refractivity contribution >= 4 is 11.9 Å². The van der Waals surface area contributed by atoms with Gasteiger partial charge in [-0.05, 0) is 30.9 Å². The van der Waals surface area contributed by atoms with E-state index in [2.05, 4.69) is 32.4 Å². The van der Waals surface area contributed by atoms with Gasteiger partial charge in [-0.25, -0.2) is 9.97 Å². The quantitative estimate of drug-likeness (QED) is 0.647. The third kappa shape index (κ3) is 4.56. The second-order valence-corrected chi connectivity index (χ2v) is 7.70. The van der Waals surface area contributed by atoms with E-state index < -0.39 is 11.7 Å². The van der Waals surface area contributed by atoms with Gasteiger partial charge in [-0.2, -0.15) is 28.2 Å². The third-order valence-corrected chi connectivity index (χ3v) is 5.59. The fourth-order valence-electron chi connectivity index (χ4n) is 3.90. The first kappa shape index (κ1) is 21.7. The molecular formula is C21H22F3N7O. The van der Waals surface area contributed by atoms with Gasteiger partial charge >= 0.3 is 6.18 Å². The summed E-state index contributed by atoms with van der Waals surface area (Å²) in [5, 5.41) is 11.3. The summed E-state index contributed by atoms with van der Waals surface area (Å²) in [6, 6.07) is 6.95. The van der Waals surface area contributed by atoms with Crippen LogP contribution in [0.5, 0.6) is 0 Å². The van der Waals surface area contributed by atoms with E-state index in [9.17, 15) is 18.0 Å². The zero-order chi connectivity index (χ0) is 22.7. The van der Waals surface area contributed by atoms with Crippen molar-refractivity contribution in [3.05, 3.63) is 60.2 Å². The second kappa shape index (κ2) is 8.93. The highest BCUT2D eigenvalue weighted by Gasteiger charge is 2.34. The maximum absolute atomic E-state index is 13.5. The number of hydrogen-bond donors (Lipinski definition) is 1. The van der Waals surface area contributed by atoms with E-state index >= 15 is 0 Å². The Morgan fingerprint density at radius 2 is 1.84 bits per heavy atom. The number of carbonyl (C=O) groups is 1. The molecule has 1 saturated heterocycles. The number of alkyl halides is 3. The first-order valence-electron chi connectivity index (χ1n) is 10.2. The van der Waals surface area contributed by atoms with Crippen molar-refractivity contribution in [1.82, 2.24) is 29.9 Å². The predicted molar refractivity (Wildman–Crippen MR) is 110 cm³/mol. The van der Waals surface area contributed by atoms with Gasteiger partial charge in [0.1, 0.15) is 0 Å². The van der Waals surface area contributed by atoms with Gasteiger partial charge in [0, 0.05) is 25.5 Å². The fraction of sp³-hybridized carbons (Fsp3) is 0.381. The van der Waals surface area contributed by atoms with Crippen molar-refractivity contribution in [3.63, 3.8) is 0 Å². The van der Waals surface area contributed by atoms with Gasteiger partial charge in [0.15, 0.2) is 0 Å². The van der Waals surface area contributed by atoms with E-state index in [0.717, 1.165) is 25.2 Å². The van der Waals surface area contributed by atoms with Crippen LogP contribution < -0.4 is 5.32 Å². The highest BCUT2D eigenvalue weighted by Crippen LogP contribution is 2.29. The van der Waals surface area contributed by atoms with Crippen molar-refractivity contribution in [2.75, 3.05) is 18.4 Å². The number of anilines is 1. The number of halogens is 3. The molecule has 0 radical (unpaired) electrons. The van der Waals surface area contributed by atoms with Crippen LogP contribution in [0, 0.1) is 5.92 Å². The molecule has 1 aromatic carbocycles. The van der Waals surface area contributed by atoms with Crippen LogP contribution in [-0.2, 0) is 6.18 Å². The maximum Gasteiger partial charge on any atom is 0.419 e. The zero-order valence-electron chi connectivity index (χ0n) is 17.3. The Bertz CT molecular complexity index is 1050. The van der Waals surface area contributed by atoms with E-state index in [1.807, 2.05) is 6.07 Å². The van der Waals surface area contributed by atoms with Crippen LogP contribution in [0.2, 0.25) is 0 Å². The molecule has 8 nitrogen and oxygen atoms in total. The second-order valence-electron chi connectivity index (χ2n) is 7.70. The third-order valence-electron chi connectivity index (χ3n) is 5.59. The number of aromatic nitrogens is 5. The average Bonchev–Trinajstić information content (AvgIpc) is 3.32. The van der Waals surface area contributed by atoms with E-state index in [1.165, 1.54) is 4.80 Å². The number of para-hydroxylation sites is 1. The van der Waals surface area contributed by atoms with Crippen molar-refractivity contribution in [3.8, 4) is 5.69 Å². The Balaban J connectivity index is 1.53. The van der Waals surface area contributed by atoms with Crippen LogP contribution in [0.3, 0.4) is 0 Å². The van der Waals surface area contributed by atoms with Crippen molar-refractivity contribution in [1.29, 1.82) is 0 Å². The van der Waals surface area contributed by atoms with Crippen molar-refractivity contribution < 1.29 is 18.0 Å². The molecule has 0 spiro atoms. The number of piperidine rings is 1. The normalized spacial score (nSPS) is 19.1. The summed E-state index contributed by atoms with van der Waals surface area (Å²) in [4.78, 5) is 24.2. The smallest absolute Gasteiger partial charge is 0.352 e. The summed E-state index contributed by atoms with van der Waals surface area (Å²) < 4.78 is 38.2. The van der Waals surface area contributed by atoms with Crippen molar-refractivity contribution in [2.24, 2.45) is 5.92 Å². The molecule has 11 heteroatoms. The van der Waals surface area contributed by atoms with Gasteiger partial charge in [0.05, 0.1) is 35.2 Å². The average molecular weight is 445 g/mol. The first-order valence-corrected chi connectivity index (χ1v) is 10.2. The van der Waals surface area contributed by atoms with Crippen LogP contribution >= 0.6 is 0 Å². The Kier molecular flexibility index (Phi) is 6.06. The summed E-state index contributed by atoms with van der Waals surface area (Å²) in [6.07, 6.45) is 1.89. The van der Waals surface area contributed by atoms with E-state index in [4.69, 9.17) is 0 Å². The first-order chi connectivity index (χ1) is 15.3. The topological polar surface area (TPSA) is 88.8 Å². The van der Waals surface area contributed by atoms with Gasteiger partial charge in [0.25, 0.3) is 5.91 Å². The van der Waals surface area contributed by atoms with Crippen LogP contribution in [0.15, 0.2) is 49.1 Å². The van der Waals surface area contributed by atoms with Gasteiger partial charge in [-0.1, -0.05) is 19.1 Å². The molecular weight excluding hydrogens is 423 g/mol. The Hall–Kier alpha value is -3.50. The minimum Gasteiger partial charge on any atom is -0.352 e. The number of amides is 1. The molecule has 1 aliphatic heterocycles. The highest BCUT2D eigenvalue weighted by molar-refractivity contribution is 5.98. The summed E-state index contributed by atoms with van der Waals surface area (Å²) in [5.74, 6) is 0.124. The summed E-state index contributed by atoms with van der Waals surface area (Å²) in [7, 11) is 0. The van der Waals surface area contributed by atoms with E-state index in [0.29, 0.717) is 24.3 Å². The summed E-state index contributed by atoms with van der Waals surface area (Å²) >= 11 is 0. The molecule has 1 fully saturated rings. The van der Waals surface area contributed by atoms with Crippen LogP contribution in [-0.4, -0.2) is 54.9 Å². The lowest BCUT2D eigenvalue weighted by atomic mass is 9.90. The molecule has 168 valence electrons. The molecule has 1 amide bonds. The zero-order valence-corrected chi connectivity index (χ0v) is 17.3. The molecule has 0 aliphatic carbocycles. The molecule has 2 atom stereocenters. The molecule has 1 aliphatic rings. The van der Waals surface area contributed by atoms with Crippen molar-refractivity contribution in [2.45, 2.75) is 32.0 Å². The summed E-state index contributed by atoms with van der Waals surface area (Å²) in [5.41, 5.74) is 0.154. The lowest BCUT2D eigenvalue weighted by Crippen LogP contribution is -2.51. The van der Waals surface area contributed by atoms with E-state index in [1.54, 1.807) is 35.5 Å². The Labute approximate surface area is 182 Å². The van der Waals surface area contributed by atoms with E-state index in [-0.39, 0.29) is 23.8 Å². The number of carbonyl (C=O) groups excluding carboxylic acids is 1. The molecule has 0 bridgehead atoms. The number of nitrogens with zero attached hydrogens (tertiary/aromatic N) is 6. The fourth-order valence-corrected chi connectivity index (χ4v) is 3.90. The summed E-state index contributed by atoms with van der Waals surface area (Å²) in [6.45, 7) is 2.95. The molecule has 0 unspecified atom stereocenters. The molecule has 2 aromatic heterocycles. The lowest BCUT2D eigenvalue weighted by molar-refractivity contribution is -0.138. The van der Waals surface area contributed by atoms with Gasteiger partial charge in [-0.3, -0.25) is 4.79 Å². The van der Waals surface area contributed by atoms with Crippen LogP contribution in [0.4, 0.5) is 19.1 Å².